The first-order valence-electron chi connectivity index (χ1n) is 9.26. The minimum absolute atomic E-state index is 0. The monoisotopic (exact) mass is 439 g/mol. The molecule has 1 aromatic rings. The number of carbonyl (C=O) groups excluding carboxylic acids is 1. The topological polar surface area (TPSA) is 35.6 Å². The molecule has 0 radical (unpaired) electrons. The van der Waals surface area contributed by atoms with Gasteiger partial charge in [-0.3, -0.25) is 9.69 Å². The van der Waals surface area contributed by atoms with Crippen LogP contribution in [0.25, 0.3) is 0 Å². The van der Waals surface area contributed by atoms with Crippen molar-refractivity contribution in [1.29, 1.82) is 0 Å². The molecular weight excluding hydrogens is 412 g/mol. The van der Waals surface area contributed by atoms with Crippen molar-refractivity contribution in [3.63, 3.8) is 0 Å². The Kier molecular flexibility index (Phi) is 10.9. The molecule has 0 spiro atoms. The van der Waals surface area contributed by atoms with Crippen LogP contribution in [0.15, 0.2) is 18.2 Å². The second-order valence-electron chi connectivity index (χ2n) is 7.12. The van der Waals surface area contributed by atoms with Gasteiger partial charge in [0.15, 0.2) is 0 Å². The van der Waals surface area contributed by atoms with Crippen LogP contribution < -0.4 is 5.32 Å². The summed E-state index contributed by atoms with van der Waals surface area (Å²) in [7, 11) is 0. The van der Waals surface area contributed by atoms with Crippen molar-refractivity contribution in [3.8, 4) is 0 Å². The van der Waals surface area contributed by atoms with Gasteiger partial charge in [-0.1, -0.05) is 17.7 Å². The Morgan fingerprint density at radius 2 is 1.81 bits per heavy atom. The van der Waals surface area contributed by atoms with E-state index < -0.39 is 0 Å². The van der Waals surface area contributed by atoms with Gasteiger partial charge < -0.3 is 10.2 Å². The van der Waals surface area contributed by atoms with Gasteiger partial charge in [0.2, 0.25) is 5.91 Å². The number of hydrogen-bond acceptors (Lipinski definition) is 3. The summed E-state index contributed by atoms with van der Waals surface area (Å²) in [5.41, 5.74) is 0.939. The second-order valence-corrected chi connectivity index (χ2v) is 7.53. The Morgan fingerprint density at radius 1 is 1.15 bits per heavy atom. The van der Waals surface area contributed by atoms with E-state index >= 15 is 0 Å². The number of rotatable bonds is 5. The van der Waals surface area contributed by atoms with Crippen molar-refractivity contribution in [3.05, 3.63) is 34.6 Å². The minimum Gasteiger partial charge on any atom is -0.340 e. The molecule has 154 valence electrons. The van der Waals surface area contributed by atoms with Crippen molar-refractivity contribution in [1.82, 2.24) is 15.1 Å². The number of nitrogens with zero attached hydrogens (tertiary/aromatic N) is 2. The van der Waals surface area contributed by atoms with Gasteiger partial charge in [-0.05, 0) is 56.0 Å². The zero-order chi connectivity index (χ0) is 17.6. The molecule has 27 heavy (non-hydrogen) atoms. The fourth-order valence-corrected chi connectivity index (χ4v) is 3.93. The smallest absolute Gasteiger partial charge is 0.222 e. The Bertz CT molecular complexity index is 592. The van der Waals surface area contributed by atoms with E-state index in [2.05, 4.69) is 10.2 Å². The van der Waals surface area contributed by atoms with E-state index in [1.807, 2.05) is 4.90 Å². The number of carbonyl (C=O) groups is 1. The minimum atomic E-state index is -0.307. The van der Waals surface area contributed by atoms with Gasteiger partial charge in [0.05, 0.1) is 0 Å². The molecule has 1 aromatic carbocycles. The molecule has 4 nitrogen and oxygen atoms in total. The highest BCUT2D eigenvalue weighted by Gasteiger charge is 2.22. The zero-order valence-electron chi connectivity index (χ0n) is 15.5. The summed E-state index contributed by atoms with van der Waals surface area (Å²) in [6.45, 7) is 6.09. The summed E-state index contributed by atoms with van der Waals surface area (Å²) in [4.78, 5) is 16.7. The lowest BCUT2D eigenvalue weighted by atomic mass is 9.93. The summed E-state index contributed by atoms with van der Waals surface area (Å²) in [6.07, 6.45) is 4.08. The van der Waals surface area contributed by atoms with Gasteiger partial charge in [0, 0.05) is 44.2 Å². The molecule has 8 heteroatoms. The van der Waals surface area contributed by atoms with Gasteiger partial charge in [0.1, 0.15) is 5.82 Å². The van der Waals surface area contributed by atoms with Crippen LogP contribution in [0.1, 0.15) is 31.2 Å². The predicted octanol–water partition coefficient (Wildman–Crippen LogP) is 3.75. The van der Waals surface area contributed by atoms with E-state index in [0.29, 0.717) is 23.9 Å². The Balaban J connectivity index is 0.00000182. The molecule has 0 saturated carbocycles. The molecule has 0 aromatic heterocycles. The van der Waals surface area contributed by atoms with E-state index in [-0.39, 0.29) is 36.5 Å². The van der Waals surface area contributed by atoms with Crippen molar-refractivity contribution in [2.75, 3.05) is 39.3 Å². The van der Waals surface area contributed by atoms with Gasteiger partial charge in [-0.2, -0.15) is 0 Å². The largest absolute Gasteiger partial charge is 0.340 e. The normalized spacial score (nSPS) is 18.5. The predicted molar refractivity (Wildman–Crippen MR) is 113 cm³/mol. The number of piperazine rings is 1. The van der Waals surface area contributed by atoms with Gasteiger partial charge in [0.25, 0.3) is 0 Å². The maximum atomic E-state index is 13.1. The maximum absolute atomic E-state index is 13.1. The van der Waals surface area contributed by atoms with Crippen molar-refractivity contribution in [2.45, 2.75) is 32.2 Å². The number of hydrogen-bond donors (Lipinski definition) is 1. The molecule has 0 atom stereocenters. The van der Waals surface area contributed by atoms with E-state index in [0.717, 1.165) is 51.3 Å². The Morgan fingerprint density at radius 3 is 2.44 bits per heavy atom. The van der Waals surface area contributed by atoms with E-state index in [4.69, 9.17) is 11.6 Å². The summed E-state index contributed by atoms with van der Waals surface area (Å²) >= 11 is 6.11. The van der Waals surface area contributed by atoms with Crippen molar-refractivity contribution in [2.24, 2.45) is 5.92 Å². The molecule has 2 aliphatic heterocycles. The first kappa shape index (κ1) is 24.4. The third-order valence-corrected chi connectivity index (χ3v) is 5.71. The first-order chi connectivity index (χ1) is 12.1. The fraction of sp³-hybridized carbons (Fsp3) is 0.632. The van der Waals surface area contributed by atoms with E-state index in [1.165, 1.54) is 25.0 Å². The van der Waals surface area contributed by atoms with Gasteiger partial charge in [-0.15, -0.1) is 24.8 Å². The molecular formula is C19H29Cl3FN3O. The van der Waals surface area contributed by atoms with Crippen LogP contribution in [0.3, 0.4) is 0 Å². The van der Waals surface area contributed by atoms with Crippen molar-refractivity contribution < 1.29 is 9.18 Å². The Labute approximate surface area is 178 Å². The van der Waals surface area contributed by atoms with Crippen LogP contribution in [0.4, 0.5) is 4.39 Å². The highest BCUT2D eigenvalue weighted by Crippen LogP contribution is 2.21. The lowest BCUT2D eigenvalue weighted by molar-refractivity contribution is -0.133. The Hall–Kier alpha value is -0.590. The maximum Gasteiger partial charge on any atom is 0.222 e. The molecule has 0 bridgehead atoms. The standard InChI is InChI=1S/C19H27ClFN3O.2ClH/c20-18-13-17(21)3-2-16(18)14-23-9-11-24(12-10-23)19(25)4-1-15-5-7-22-8-6-15;;/h2-3,13,15,22H,1,4-12,14H2;2*1H. The number of piperidine rings is 1. The molecule has 1 N–H and O–H groups in total. The summed E-state index contributed by atoms with van der Waals surface area (Å²) in [5.74, 6) is 0.683. The lowest BCUT2D eigenvalue weighted by Gasteiger charge is -2.35. The summed E-state index contributed by atoms with van der Waals surface area (Å²) in [6, 6.07) is 4.55. The van der Waals surface area contributed by atoms with Gasteiger partial charge >= 0.3 is 0 Å². The van der Waals surface area contributed by atoms with Crippen LogP contribution in [-0.2, 0) is 11.3 Å². The van der Waals surface area contributed by atoms with E-state index in [9.17, 15) is 9.18 Å². The molecule has 0 aliphatic carbocycles. The molecule has 2 aliphatic rings. The summed E-state index contributed by atoms with van der Waals surface area (Å²) in [5, 5.41) is 3.84. The summed E-state index contributed by atoms with van der Waals surface area (Å²) < 4.78 is 13.1. The van der Waals surface area contributed by atoms with Crippen LogP contribution in [0.2, 0.25) is 5.02 Å². The molecule has 2 fully saturated rings. The number of halogens is 4. The van der Waals surface area contributed by atoms with Gasteiger partial charge in [-0.25, -0.2) is 4.39 Å². The number of nitrogens with one attached hydrogen (secondary N) is 1. The lowest BCUT2D eigenvalue weighted by Crippen LogP contribution is -2.48. The molecule has 2 saturated heterocycles. The molecule has 2 heterocycles. The zero-order valence-corrected chi connectivity index (χ0v) is 17.9. The SMILES string of the molecule is Cl.Cl.O=C(CCC1CCNCC1)N1CCN(Cc2ccc(F)cc2Cl)CC1. The quantitative estimate of drug-likeness (QED) is 0.757. The first-order valence-corrected chi connectivity index (χ1v) is 9.64. The van der Waals surface area contributed by atoms with Crippen LogP contribution in [0, 0.1) is 11.7 Å². The molecule has 0 unspecified atom stereocenters. The van der Waals surface area contributed by atoms with Crippen molar-refractivity contribution >= 4 is 42.3 Å². The molecule has 3 rings (SSSR count). The highest BCUT2D eigenvalue weighted by atomic mass is 35.5. The third kappa shape index (κ3) is 7.39. The van der Waals surface area contributed by atoms with Crippen LogP contribution >= 0.6 is 36.4 Å². The number of amides is 1. The van der Waals surface area contributed by atoms with Crippen LogP contribution in [-0.4, -0.2) is 55.0 Å². The molecule has 1 amide bonds. The average molecular weight is 441 g/mol. The highest BCUT2D eigenvalue weighted by molar-refractivity contribution is 6.31. The number of benzene rings is 1. The second kappa shape index (κ2) is 12.1. The fourth-order valence-electron chi connectivity index (χ4n) is 3.70. The average Bonchev–Trinajstić information content (AvgIpc) is 2.63. The van der Waals surface area contributed by atoms with Crippen LogP contribution in [0.5, 0.6) is 0 Å². The third-order valence-electron chi connectivity index (χ3n) is 5.36. The van der Waals surface area contributed by atoms with E-state index in [1.54, 1.807) is 6.07 Å².